The van der Waals surface area contributed by atoms with Gasteiger partial charge in [-0.15, -0.1) is 11.8 Å². The van der Waals surface area contributed by atoms with Crippen molar-refractivity contribution < 1.29 is 4.79 Å². The molecular formula is C16H26N4OS2. The predicted molar refractivity (Wildman–Crippen MR) is 103 cm³/mol. The molecule has 128 valence electrons. The van der Waals surface area contributed by atoms with Crippen molar-refractivity contribution in [1.29, 1.82) is 0 Å². The third-order valence-electron chi connectivity index (χ3n) is 2.88. The summed E-state index contributed by atoms with van der Waals surface area (Å²) in [7, 11) is 3.48. The van der Waals surface area contributed by atoms with Crippen LogP contribution in [0, 0.1) is 0 Å². The lowest BCUT2D eigenvalue weighted by molar-refractivity contribution is -0.127. The maximum Gasteiger partial charge on any atom is 0.243 e. The fourth-order valence-corrected chi connectivity index (χ4v) is 2.68. The molecule has 0 bridgehead atoms. The van der Waals surface area contributed by atoms with Gasteiger partial charge in [-0.3, -0.25) is 4.79 Å². The molecular weight excluding hydrogens is 328 g/mol. The minimum atomic E-state index is -0.00497. The largest absolute Gasteiger partial charge is 0.356 e. The highest BCUT2D eigenvalue weighted by atomic mass is 32.2. The van der Waals surface area contributed by atoms with Gasteiger partial charge in [0.25, 0.3) is 0 Å². The first kappa shape index (κ1) is 19.7. The van der Waals surface area contributed by atoms with Crippen molar-refractivity contribution in [3.8, 4) is 0 Å². The minimum absolute atomic E-state index is 0.00497. The van der Waals surface area contributed by atoms with Crippen LogP contribution in [0.15, 0.2) is 40.2 Å². The lowest BCUT2D eigenvalue weighted by Gasteiger charge is -2.13. The monoisotopic (exact) mass is 354 g/mol. The summed E-state index contributed by atoms with van der Waals surface area (Å²) in [5, 5.41) is 6.53. The van der Waals surface area contributed by atoms with Crippen molar-refractivity contribution in [2.24, 2.45) is 4.99 Å². The number of hydrogen-bond acceptors (Lipinski definition) is 4. The van der Waals surface area contributed by atoms with E-state index in [1.54, 1.807) is 42.5 Å². The zero-order valence-corrected chi connectivity index (χ0v) is 15.7. The summed E-state index contributed by atoms with van der Waals surface area (Å²) < 4.78 is 0. The first-order valence-corrected chi connectivity index (χ1v) is 9.90. The Morgan fingerprint density at radius 1 is 1.13 bits per heavy atom. The van der Waals surface area contributed by atoms with Crippen LogP contribution >= 0.6 is 23.5 Å². The average Bonchev–Trinajstić information content (AvgIpc) is 2.56. The van der Waals surface area contributed by atoms with E-state index in [0.29, 0.717) is 5.96 Å². The van der Waals surface area contributed by atoms with Crippen molar-refractivity contribution in [2.45, 2.75) is 4.90 Å². The zero-order valence-electron chi connectivity index (χ0n) is 14.0. The second-order valence-electron chi connectivity index (χ2n) is 4.96. The summed E-state index contributed by atoms with van der Waals surface area (Å²) in [6.07, 6.45) is 2.07. The summed E-state index contributed by atoms with van der Waals surface area (Å²) in [6.45, 7) is 1.78. The van der Waals surface area contributed by atoms with E-state index >= 15 is 0 Å². The van der Waals surface area contributed by atoms with Crippen LogP contribution < -0.4 is 10.6 Å². The second kappa shape index (κ2) is 12.1. The van der Waals surface area contributed by atoms with Crippen LogP contribution in [-0.4, -0.2) is 68.3 Å². The number of hydrogen-bond donors (Lipinski definition) is 2. The van der Waals surface area contributed by atoms with Gasteiger partial charge in [0.1, 0.15) is 6.54 Å². The number of guanidine groups is 1. The lowest BCUT2D eigenvalue weighted by Crippen LogP contribution is -2.40. The van der Waals surface area contributed by atoms with Gasteiger partial charge in [0.15, 0.2) is 5.96 Å². The fraction of sp³-hybridized carbons (Fsp3) is 0.500. The van der Waals surface area contributed by atoms with Crippen LogP contribution in [0.4, 0.5) is 0 Å². The number of carbonyl (C=O) groups is 1. The normalized spacial score (nSPS) is 11.2. The highest BCUT2D eigenvalue weighted by Gasteiger charge is 2.04. The molecule has 2 N–H and O–H groups in total. The molecule has 1 rings (SSSR count). The number of nitrogens with zero attached hydrogens (tertiary/aromatic N) is 2. The van der Waals surface area contributed by atoms with E-state index in [9.17, 15) is 4.79 Å². The van der Waals surface area contributed by atoms with Crippen LogP contribution in [0.1, 0.15) is 0 Å². The third kappa shape index (κ3) is 9.40. The van der Waals surface area contributed by atoms with Gasteiger partial charge in [-0.1, -0.05) is 18.2 Å². The van der Waals surface area contributed by atoms with Crippen molar-refractivity contribution in [3.63, 3.8) is 0 Å². The number of amides is 1. The summed E-state index contributed by atoms with van der Waals surface area (Å²) in [5.41, 5.74) is 0. The first-order chi connectivity index (χ1) is 11.1. The number of nitrogens with one attached hydrogen (secondary N) is 2. The van der Waals surface area contributed by atoms with Crippen molar-refractivity contribution >= 4 is 35.4 Å². The second-order valence-corrected chi connectivity index (χ2v) is 7.11. The number of likely N-dealkylation sites (N-methyl/N-ethyl adjacent to an activating group) is 1. The number of benzene rings is 1. The molecule has 1 aromatic carbocycles. The summed E-state index contributed by atoms with van der Waals surface area (Å²) >= 11 is 3.57. The van der Waals surface area contributed by atoms with Gasteiger partial charge < -0.3 is 15.5 Å². The van der Waals surface area contributed by atoms with E-state index < -0.39 is 0 Å². The summed E-state index contributed by atoms with van der Waals surface area (Å²) in [6, 6.07) is 10.3. The van der Waals surface area contributed by atoms with E-state index in [4.69, 9.17) is 0 Å². The Bertz CT molecular complexity index is 480. The lowest BCUT2D eigenvalue weighted by atomic mass is 10.4. The van der Waals surface area contributed by atoms with E-state index in [1.807, 2.05) is 18.2 Å². The van der Waals surface area contributed by atoms with Crippen LogP contribution in [0.3, 0.4) is 0 Å². The van der Waals surface area contributed by atoms with Gasteiger partial charge in [-0.2, -0.15) is 11.8 Å². The van der Waals surface area contributed by atoms with E-state index in [-0.39, 0.29) is 12.5 Å². The molecule has 0 heterocycles. The Balaban J connectivity index is 2.38. The van der Waals surface area contributed by atoms with Crippen LogP contribution in [-0.2, 0) is 4.79 Å². The van der Waals surface area contributed by atoms with E-state index in [1.165, 1.54) is 4.90 Å². The first-order valence-electron chi connectivity index (χ1n) is 7.52. The maximum absolute atomic E-state index is 11.6. The zero-order chi connectivity index (χ0) is 16.9. The Morgan fingerprint density at radius 3 is 2.39 bits per heavy atom. The Hall–Kier alpha value is -1.34. The van der Waals surface area contributed by atoms with Gasteiger partial charge in [-0.25, -0.2) is 4.99 Å². The van der Waals surface area contributed by atoms with E-state index in [0.717, 1.165) is 24.6 Å². The average molecular weight is 355 g/mol. The predicted octanol–water partition coefficient (Wildman–Crippen LogP) is 1.77. The summed E-state index contributed by atoms with van der Waals surface area (Å²) in [5.74, 6) is 2.63. The molecule has 0 aliphatic rings. The van der Waals surface area contributed by atoms with Gasteiger partial charge >= 0.3 is 0 Å². The van der Waals surface area contributed by atoms with Crippen molar-refractivity contribution in [3.05, 3.63) is 30.3 Å². The maximum atomic E-state index is 11.6. The van der Waals surface area contributed by atoms with Gasteiger partial charge in [-0.05, 0) is 18.4 Å². The molecule has 1 amide bonds. The number of thioether (sulfide) groups is 2. The van der Waals surface area contributed by atoms with E-state index in [2.05, 4.69) is 34.0 Å². The SMILES string of the molecule is CSCCNC(=NCC(=O)N(C)C)NCCSc1ccccc1. The third-order valence-corrected chi connectivity index (χ3v) is 4.50. The molecule has 0 aliphatic heterocycles. The molecule has 0 saturated carbocycles. The molecule has 23 heavy (non-hydrogen) atoms. The van der Waals surface area contributed by atoms with Crippen LogP contribution in [0.2, 0.25) is 0 Å². The number of aliphatic imine (C=N–C) groups is 1. The van der Waals surface area contributed by atoms with Gasteiger partial charge in [0, 0.05) is 43.6 Å². The standard InChI is InChI=1S/C16H26N4OS2/c1-20(2)15(21)13-19-16(17-9-11-22-3)18-10-12-23-14-7-5-4-6-8-14/h4-8H,9-13H2,1-3H3,(H2,17,18,19). The smallest absolute Gasteiger partial charge is 0.243 e. The number of rotatable bonds is 9. The summed E-state index contributed by atoms with van der Waals surface area (Å²) in [4.78, 5) is 18.8. The highest BCUT2D eigenvalue weighted by molar-refractivity contribution is 7.99. The van der Waals surface area contributed by atoms with Crippen molar-refractivity contribution in [1.82, 2.24) is 15.5 Å². The molecule has 7 heteroatoms. The Morgan fingerprint density at radius 2 is 1.78 bits per heavy atom. The molecule has 0 aromatic heterocycles. The molecule has 0 saturated heterocycles. The molecule has 0 spiro atoms. The topological polar surface area (TPSA) is 56.7 Å². The number of carbonyl (C=O) groups excluding carboxylic acids is 1. The molecule has 0 fully saturated rings. The van der Waals surface area contributed by atoms with Crippen molar-refractivity contribution in [2.75, 3.05) is 51.5 Å². The fourth-order valence-electron chi connectivity index (χ4n) is 1.59. The van der Waals surface area contributed by atoms with Gasteiger partial charge in [0.2, 0.25) is 5.91 Å². The quantitative estimate of drug-likeness (QED) is 0.306. The minimum Gasteiger partial charge on any atom is -0.356 e. The Kier molecular flexibility index (Phi) is 10.4. The van der Waals surface area contributed by atoms with Crippen LogP contribution in [0.5, 0.6) is 0 Å². The molecule has 0 radical (unpaired) electrons. The Labute approximate surface area is 147 Å². The molecule has 5 nitrogen and oxygen atoms in total. The molecule has 1 aromatic rings. The van der Waals surface area contributed by atoms with Gasteiger partial charge in [0.05, 0.1) is 0 Å². The van der Waals surface area contributed by atoms with Crippen LogP contribution in [0.25, 0.3) is 0 Å². The molecule has 0 aliphatic carbocycles. The molecule has 0 atom stereocenters. The highest BCUT2D eigenvalue weighted by Crippen LogP contribution is 2.15. The molecule has 0 unspecified atom stereocenters.